The summed E-state index contributed by atoms with van der Waals surface area (Å²) in [6, 6.07) is 10.9. The van der Waals surface area contributed by atoms with Gasteiger partial charge in [0.25, 0.3) is 11.8 Å². The normalized spacial score (nSPS) is 10.5. The van der Waals surface area contributed by atoms with E-state index >= 15 is 0 Å². The fourth-order valence-corrected chi connectivity index (χ4v) is 3.11. The lowest BCUT2D eigenvalue weighted by Gasteiger charge is -2.22. The smallest absolute Gasteiger partial charge is 0.274 e. The summed E-state index contributed by atoms with van der Waals surface area (Å²) in [7, 11) is 0. The van der Waals surface area contributed by atoms with E-state index in [4.69, 9.17) is 0 Å². The zero-order valence-corrected chi connectivity index (χ0v) is 17.5. The van der Waals surface area contributed by atoms with Crippen LogP contribution in [0.1, 0.15) is 54.2 Å². The van der Waals surface area contributed by atoms with E-state index in [1.807, 2.05) is 32.9 Å². The fraction of sp³-hybridized carbons (Fsp3) is 0.409. The molecule has 2 amide bonds. The summed E-state index contributed by atoms with van der Waals surface area (Å²) >= 11 is 0. The van der Waals surface area contributed by atoms with Crippen LogP contribution in [0.4, 0.5) is 11.4 Å². The predicted octanol–water partition coefficient (Wildman–Crippen LogP) is 3.97. The molecular formula is C22H30N4O2. The second kappa shape index (κ2) is 9.88. The van der Waals surface area contributed by atoms with Crippen molar-refractivity contribution in [2.24, 2.45) is 0 Å². The molecule has 0 spiro atoms. The van der Waals surface area contributed by atoms with Gasteiger partial charge in [0.15, 0.2) is 0 Å². The van der Waals surface area contributed by atoms with Gasteiger partial charge in [-0.05, 0) is 70.5 Å². The van der Waals surface area contributed by atoms with Gasteiger partial charge in [0.05, 0.1) is 0 Å². The number of carbonyl (C=O) groups is 2. The number of amides is 2. The van der Waals surface area contributed by atoms with Crippen LogP contribution in [0, 0.1) is 6.92 Å². The van der Waals surface area contributed by atoms with Crippen molar-refractivity contribution < 1.29 is 9.59 Å². The second-order valence-electron chi connectivity index (χ2n) is 6.51. The van der Waals surface area contributed by atoms with Gasteiger partial charge in [0, 0.05) is 37.6 Å². The van der Waals surface area contributed by atoms with Crippen LogP contribution in [-0.2, 0) is 0 Å². The van der Waals surface area contributed by atoms with Crippen LogP contribution in [0.25, 0.3) is 0 Å². The minimum atomic E-state index is -0.326. The molecule has 1 heterocycles. The molecule has 6 nitrogen and oxygen atoms in total. The molecule has 0 radical (unpaired) electrons. The average molecular weight is 383 g/mol. The molecule has 0 unspecified atom stereocenters. The third-order valence-electron chi connectivity index (χ3n) is 4.84. The highest BCUT2D eigenvalue weighted by molar-refractivity contribution is 6.04. The lowest BCUT2D eigenvalue weighted by Crippen LogP contribution is -2.31. The van der Waals surface area contributed by atoms with Crippen molar-refractivity contribution in [2.75, 3.05) is 36.4 Å². The number of pyridine rings is 1. The summed E-state index contributed by atoms with van der Waals surface area (Å²) in [6.45, 7) is 13.1. The Morgan fingerprint density at radius 2 is 1.57 bits per heavy atom. The summed E-state index contributed by atoms with van der Waals surface area (Å²) in [5, 5.41) is 2.91. The molecule has 2 rings (SSSR count). The summed E-state index contributed by atoms with van der Waals surface area (Å²) in [4.78, 5) is 33.4. The number of carbonyl (C=O) groups excluding carboxylic acids is 2. The standard InChI is InChI=1S/C22H30N4O2/c1-6-25(7-2)17-13-14-18(16(5)15-17)24-21(27)19-11-10-12-20(23-19)22(28)26(8-3)9-4/h10-15H,6-9H2,1-5H3,(H,24,27). The van der Waals surface area contributed by atoms with Crippen LogP contribution >= 0.6 is 0 Å². The van der Waals surface area contributed by atoms with Crippen LogP contribution in [0.2, 0.25) is 0 Å². The van der Waals surface area contributed by atoms with Crippen molar-refractivity contribution in [1.29, 1.82) is 0 Å². The minimum Gasteiger partial charge on any atom is -0.372 e. The van der Waals surface area contributed by atoms with Crippen LogP contribution < -0.4 is 10.2 Å². The molecule has 28 heavy (non-hydrogen) atoms. The molecule has 0 aliphatic rings. The quantitative estimate of drug-likeness (QED) is 0.750. The van der Waals surface area contributed by atoms with Crippen molar-refractivity contribution in [3.05, 3.63) is 53.3 Å². The monoisotopic (exact) mass is 382 g/mol. The summed E-state index contributed by atoms with van der Waals surface area (Å²) in [5.74, 6) is -0.493. The van der Waals surface area contributed by atoms with E-state index in [-0.39, 0.29) is 23.2 Å². The number of aromatic nitrogens is 1. The Labute approximate surface area is 167 Å². The largest absolute Gasteiger partial charge is 0.372 e. The van der Waals surface area contributed by atoms with Crippen LogP contribution in [-0.4, -0.2) is 47.9 Å². The Morgan fingerprint density at radius 3 is 2.14 bits per heavy atom. The molecule has 0 aliphatic carbocycles. The van der Waals surface area contributed by atoms with E-state index in [0.29, 0.717) is 13.1 Å². The zero-order chi connectivity index (χ0) is 20.7. The first-order chi connectivity index (χ1) is 13.4. The highest BCUT2D eigenvalue weighted by atomic mass is 16.2. The minimum absolute atomic E-state index is 0.167. The first kappa shape index (κ1) is 21.4. The van der Waals surface area contributed by atoms with Crippen molar-refractivity contribution in [2.45, 2.75) is 34.6 Å². The van der Waals surface area contributed by atoms with E-state index in [9.17, 15) is 9.59 Å². The summed E-state index contributed by atoms with van der Waals surface area (Å²) in [5.41, 5.74) is 3.36. The lowest BCUT2D eigenvalue weighted by molar-refractivity contribution is 0.0767. The van der Waals surface area contributed by atoms with Gasteiger partial charge >= 0.3 is 0 Å². The van der Waals surface area contributed by atoms with Crippen LogP contribution in [0.15, 0.2) is 36.4 Å². The highest BCUT2D eigenvalue weighted by Gasteiger charge is 2.17. The first-order valence-electron chi connectivity index (χ1n) is 9.88. The summed E-state index contributed by atoms with van der Waals surface area (Å²) < 4.78 is 0. The molecule has 1 N–H and O–H groups in total. The van der Waals surface area contributed by atoms with E-state index in [1.165, 1.54) is 0 Å². The van der Waals surface area contributed by atoms with Gasteiger partial charge in [-0.25, -0.2) is 4.98 Å². The zero-order valence-electron chi connectivity index (χ0n) is 17.5. The van der Waals surface area contributed by atoms with E-state index < -0.39 is 0 Å². The molecule has 0 saturated carbocycles. The summed E-state index contributed by atoms with van der Waals surface area (Å²) in [6.07, 6.45) is 0. The highest BCUT2D eigenvalue weighted by Crippen LogP contribution is 2.23. The number of anilines is 2. The van der Waals surface area contributed by atoms with Gasteiger partial charge in [0.2, 0.25) is 0 Å². The maximum Gasteiger partial charge on any atom is 0.274 e. The van der Waals surface area contributed by atoms with E-state index in [0.717, 1.165) is 30.0 Å². The Morgan fingerprint density at radius 1 is 0.929 bits per heavy atom. The van der Waals surface area contributed by atoms with Crippen molar-refractivity contribution >= 4 is 23.2 Å². The molecule has 1 aromatic heterocycles. The van der Waals surface area contributed by atoms with Gasteiger partial charge in [0.1, 0.15) is 11.4 Å². The number of aryl methyl sites for hydroxylation is 1. The maximum absolute atomic E-state index is 12.7. The Hall–Kier alpha value is -2.89. The number of benzene rings is 1. The maximum atomic E-state index is 12.7. The third kappa shape index (κ3) is 4.88. The van der Waals surface area contributed by atoms with Crippen molar-refractivity contribution in [3.63, 3.8) is 0 Å². The van der Waals surface area contributed by atoms with Crippen LogP contribution in [0.5, 0.6) is 0 Å². The SMILES string of the molecule is CCN(CC)C(=O)c1cccc(C(=O)Nc2ccc(N(CC)CC)cc2C)n1. The van der Waals surface area contributed by atoms with Crippen molar-refractivity contribution in [3.8, 4) is 0 Å². The van der Waals surface area contributed by atoms with Crippen molar-refractivity contribution in [1.82, 2.24) is 9.88 Å². The number of rotatable bonds is 8. The topological polar surface area (TPSA) is 65.5 Å². The molecule has 2 aromatic rings. The Bertz CT molecular complexity index is 827. The number of hydrogen-bond donors (Lipinski definition) is 1. The van der Waals surface area contributed by atoms with Gasteiger partial charge in [-0.15, -0.1) is 0 Å². The van der Waals surface area contributed by atoms with E-state index in [1.54, 1.807) is 23.1 Å². The first-order valence-corrected chi connectivity index (χ1v) is 9.88. The molecule has 0 bridgehead atoms. The Balaban J connectivity index is 2.19. The molecule has 0 fully saturated rings. The molecular weight excluding hydrogens is 352 g/mol. The molecule has 1 aromatic carbocycles. The molecule has 0 aliphatic heterocycles. The molecule has 0 atom stereocenters. The number of hydrogen-bond acceptors (Lipinski definition) is 4. The fourth-order valence-electron chi connectivity index (χ4n) is 3.11. The van der Waals surface area contributed by atoms with Crippen LogP contribution in [0.3, 0.4) is 0 Å². The van der Waals surface area contributed by atoms with E-state index in [2.05, 4.69) is 35.1 Å². The van der Waals surface area contributed by atoms with Gasteiger partial charge in [-0.3, -0.25) is 9.59 Å². The lowest BCUT2D eigenvalue weighted by atomic mass is 10.1. The molecule has 0 saturated heterocycles. The Kier molecular flexibility index (Phi) is 7.55. The second-order valence-corrected chi connectivity index (χ2v) is 6.51. The number of nitrogens with one attached hydrogen (secondary N) is 1. The molecule has 6 heteroatoms. The predicted molar refractivity (Wildman–Crippen MR) is 114 cm³/mol. The number of nitrogens with zero attached hydrogens (tertiary/aromatic N) is 3. The average Bonchev–Trinajstić information content (AvgIpc) is 2.71. The van der Waals surface area contributed by atoms with Gasteiger partial charge < -0.3 is 15.1 Å². The molecule has 150 valence electrons. The van der Waals surface area contributed by atoms with Gasteiger partial charge in [-0.2, -0.15) is 0 Å². The third-order valence-corrected chi connectivity index (χ3v) is 4.84. The van der Waals surface area contributed by atoms with Gasteiger partial charge in [-0.1, -0.05) is 6.07 Å².